The quantitative estimate of drug-likeness (QED) is 0.667. The first-order valence-electron chi connectivity index (χ1n) is 5.88. The molecular weight excluding hydrogens is 188 g/mol. The van der Waals surface area contributed by atoms with Gasteiger partial charge in [-0.2, -0.15) is 0 Å². The minimum atomic E-state index is -0.0803. The molecule has 1 aliphatic rings. The fourth-order valence-corrected chi connectivity index (χ4v) is 1.80. The van der Waals surface area contributed by atoms with Crippen molar-refractivity contribution in [2.45, 2.75) is 38.8 Å². The lowest BCUT2D eigenvalue weighted by Gasteiger charge is -2.30. The van der Waals surface area contributed by atoms with Crippen LogP contribution < -0.4 is 5.32 Å². The third-order valence-corrected chi connectivity index (χ3v) is 2.76. The molecule has 3 nitrogen and oxygen atoms in total. The van der Waals surface area contributed by atoms with Crippen molar-refractivity contribution >= 4 is 0 Å². The molecule has 0 saturated carbocycles. The van der Waals surface area contributed by atoms with Crippen molar-refractivity contribution in [3.63, 3.8) is 0 Å². The van der Waals surface area contributed by atoms with Crippen molar-refractivity contribution < 1.29 is 5.11 Å². The van der Waals surface area contributed by atoms with E-state index in [1.165, 1.54) is 5.57 Å². The summed E-state index contributed by atoms with van der Waals surface area (Å²) in [4.78, 5) is 2.37. The topological polar surface area (TPSA) is 35.5 Å². The number of aliphatic hydroxyl groups is 1. The van der Waals surface area contributed by atoms with E-state index in [1.54, 1.807) is 0 Å². The van der Waals surface area contributed by atoms with Crippen molar-refractivity contribution in [3.8, 4) is 0 Å². The largest absolute Gasteiger partial charge is 0.393 e. The van der Waals surface area contributed by atoms with Gasteiger partial charge in [-0.25, -0.2) is 0 Å². The molecule has 15 heavy (non-hydrogen) atoms. The van der Waals surface area contributed by atoms with E-state index in [4.69, 9.17) is 0 Å². The Balaban J connectivity index is 2.15. The molecule has 88 valence electrons. The van der Waals surface area contributed by atoms with Crippen LogP contribution in [-0.4, -0.2) is 48.3 Å². The smallest absolute Gasteiger partial charge is 0.0564 e. The molecule has 0 radical (unpaired) electrons. The number of nitrogens with one attached hydrogen (secondary N) is 1. The van der Waals surface area contributed by atoms with Gasteiger partial charge in [-0.05, 0) is 18.4 Å². The van der Waals surface area contributed by atoms with E-state index in [1.807, 2.05) is 0 Å². The molecule has 0 atom stereocenters. The van der Waals surface area contributed by atoms with Crippen LogP contribution in [0.5, 0.6) is 0 Å². The van der Waals surface area contributed by atoms with Crippen LogP contribution in [0.2, 0.25) is 0 Å². The highest BCUT2D eigenvalue weighted by molar-refractivity contribution is 5.00. The van der Waals surface area contributed by atoms with Crippen LogP contribution in [0.25, 0.3) is 0 Å². The Hall–Kier alpha value is -0.380. The van der Waals surface area contributed by atoms with E-state index < -0.39 is 0 Å². The fraction of sp³-hybridized carbons (Fsp3) is 0.833. The molecule has 0 amide bonds. The number of likely N-dealkylation sites (tertiary alicyclic amines) is 1. The van der Waals surface area contributed by atoms with Crippen LogP contribution >= 0.6 is 0 Å². The lowest BCUT2D eigenvalue weighted by atomic mass is 10.1. The molecule has 0 aromatic carbocycles. The minimum Gasteiger partial charge on any atom is -0.393 e. The van der Waals surface area contributed by atoms with E-state index in [0.29, 0.717) is 6.04 Å². The summed E-state index contributed by atoms with van der Waals surface area (Å²) in [5.41, 5.74) is 1.24. The fourth-order valence-electron chi connectivity index (χ4n) is 1.80. The second-order valence-electron chi connectivity index (χ2n) is 4.79. The van der Waals surface area contributed by atoms with Crippen molar-refractivity contribution in [1.29, 1.82) is 0 Å². The Morgan fingerprint density at radius 3 is 2.60 bits per heavy atom. The van der Waals surface area contributed by atoms with Crippen LogP contribution in [0.3, 0.4) is 0 Å². The number of aliphatic hydroxyl groups excluding tert-OH is 1. The summed E-state index contributed by atoms with van der Waals surface area (Å²) >= 11 is 0. The van der Waals surface area contributed by atoms with Gasteiger partial charge < -0.3 is 10.4 Å². The molecule has 0 aromatic rings. The summed E-state index contributed by atoms with van der Waals surface area (Å²) in [5.74, 6) is 0. The summed E-state index contributed by atoms with van der Waals surface area (Å²) in [6, 6.07) is 0.518. The van der Waals surface area contributed by atoms with Gasteiger partial charge >= 0.3 is 0 Å². The van der Waals surface area contributed by atoms with Gasteiger partial charge in [0.2, 0.25) is 0 Å². The molecule has 1 fully saturated rings. The van der Waals surface area contributed by atoms with Gasteiger partial charge in [-0.15, -0.1) is 0 Å². The summed E-state index contributed by atoms with van der Waals surface area (Å²) in [6.45, 7) is 12.2. The Labute approximate surface area is 93.2 Å². The lowest BCUT2D eigenvalue weighted by Crippen LogP contribution is -2.38. The number of hydrogen-bond acceptors (Lipinski definition) is 3. The van der Waals surface area contributed by atoms with Gasteiger partial charge in [0.05, 0.1) is 6.10 Å². The van der Waals surface area contributed by atoms with Gasteiger partial charge in [-0.1, -0.05) is 20.4 Å². The molecule has 2 N–H and O–H groups in total. The maximum Gasteiger partial charge on any atom is 0.0564 e. The van der Waals surface area contributed by atoms with Gasteiger partial charge in [0, 0.05) is 32.2 Å². The van der Waals surface area contributed by atoms with Gasteiger partial charge in [0.15, 0.2) is 0 Å². The Morgan fingerprint density at radius 2 is 2.07 bits per heavy atom. The van der Waals surface area contributed by atoms with E-state index >= 15 is 0 Å². The Kier molecular flexibility index (Phi) is 5.29. The van der Waals surface area contributed by atoms with Gasteiger partial charge in [-0.3, -0.25) is 4.90 Å². The highest BCUT2D eigenvalue weighted by Gasteiger charge is 2.16. The summed E-state index contributed by atoms with van der Waals surface area (Å²) < 4.78 is 0. The first kappa shape index (κ1) is 12.7. The summed E-state index contributed by atoms with van der Waals surface area (Å²) in [7, 11) is 0. The average molecular weight is 212 g/mol. The Bertz CT molecular complexity index is 196. The first-order chi connectivity index (χ1) is 7.08. The highest BCUT2D eigenvalue weighted by Crippen LogP contribution is 2.10. The molecule has 0 unspecified atom stereocenters. The maximum absolute atomic E-state index is 9.38. The molecule has 0 spiro atoms. The van der Waals surface area contributed by atoms with E-state index in [9.17, 15) is 5.11 Å². The van der Waals surface area contributed by atoms with Crippen LogP contribution in [-0.2, 0) is 0 Å². The van der Waals surface area contributed by atoms with Gasteiger partial charge in [0.25, 0.3) is 0 Å². The number of rotatable bonds is 5. The van der Waals surface area contributed by atoms with Gasteiger partial charge in [0.1, 0.15) is 0 Å². The molecule has 0 aromatic heterocycles. The van der Waals surface area contributed by atoms with Crippen LogP contribution in [0.1, 0.15) is 26.7 Å². The third kappa shape index (κ3) is 5.30. The lowest BCUT2D eigenvalue weighted by molar-refractivity contribution is 0.0867. The van der Waals surface area contributed by atoms with Crippen molar-refractivity contribution in [3.05, 3.63) is 12.2 Å². The molecule has 3 heteroatoms. The second-order valence-corrected chi connectivity index (χ2v) is 4.79. The van der Waals surface area contributed by atoms with E-state index in [2.05, 4.69) is 30.6 Å². The number of nitrogens with zero attached hydrogens (tertiary/aromatic N) is 1. The summed E-state index contributed by atoms with van der Waals surface area (Å²) in [5, 5.41) is 12.7. The zero-order chi connectivity index (χ0) is 11.3. The molecule has 1 aliphatic heterocycles. The molecule has 1 rings (SSSR count). The SMILES string of the molecule is C=C(CNC(C)C)CN1CCC(O)CC1. The highest BCUT2D eigenvalue weighted by atomic mass is 16.3. The third-order valence-electron chi connectivity index (χ3n) is 2.76. The monoisotopic (exact) mass is 212 g/mol. The van der Waals surface area contributed by atoms with Crippen molar-refractivity contribution in [2.24, 2.45) is 0 Å². The Morgan fingerprint density at radius 1 is 1.47 bits per heavy atom. The summed E-state index contributed by atoms with van der Waals surface area (Å²) in [6.07, 6.45) is 1.73. The van der Waals surface area contributed by atoms with E-state index in [0.717, 1.165) is 39.0 Å². The average Bonchev–Trinajstić information content (AvgIpc) is 2.19. The standard InChI is InChI=1S/C12H24N2O/c1-10(2)13-8-11(3)9-14-6-4-12(15)5-7-14/h10,12-13,15H,3-9H2,1-2H3. The number of piperidine rings is 1. The van der Waals surface area contributed by atoms with E-state index in [-0.39, 0.29) is 6.10 Å². The van der Waals surface area contributed by atoms with Crippen molar-refractivity contribution in [2.75, 3.05) is 26.2 Å². The molecule has 0 bridgehead atoms. The molecule has 1 heterocycles. The molecule has 1 saturated heterocycles. The zero-order valence-corrected chi connectivity index (χ0v) is 10.00. The van der Waals surface area contributed by atoms with Crippen LogP contribution in [0.15, 0.2) is 12.2 Å². The second kappa shape index (κ2) is 6.26. The predicted molar refractivity (Wildman–Crippen MR) is 64.0 cm³/mol. The number of hydrogen-bond donors (Lipinski definition) is 2. The normalized spacial score (nSPS) is 19.7. The zero-order valence-electron chi connectivity index (χ0n) is 10.00. The minimum absolute atomic E-state index is 0.0803. The maximum atomic E-state index is 9.38. The molecular formula is C12H24N2O. The molecule has 0 aliphatic carbocycles. The van der Waals surface area contributed by atoms with Crippen molar-refractivity contribution in [1.82, 2.24) is 10.2 Å². The first-order valence-corrected chi connectivity index (χ1v) is 5.88. The van der Waals surface area contributed by atoms with Crippen LogP contribution in [0, 0.1) is 0 Å². The van der Waals surface area contributed by atoms with Crippen LogP contribution in [0.4, 0.5) is 0 Å². The predicted octanol–water partition coefficient (Wildman–Crippen LogP) is 0.997.